The fraction of sp³-hybridized carbons (Fsp3) is 0.192. The van der Waals surface area contributed by atoms with Gasteiger partial charge in [0, 0.05) is 6.20 Å². The molecule has 5 rings (SSSR count). The minimum absolute atomic E-state index is 0.180. The van der Waals surface area contributed by atoms with Gasteiger partial charge < -0.3 is 0 Å². The fourth-order valence-electron chi connectivity index (χ4n) is 4.06. The molecular weight excluding hydrogens is 448 g/mol. The first-order valence-corrected chi connectivity index (χ1v) is 11.8. The third kappa shape index (κ3) is 3.86. The molecule has 1 aliphatic heterocycles. The predicted octanol–water partition coefficient (Wildman–Crippen LogP) is 4.64. The average molecular weight is 471 g/mol. The zero-order valence-electron chi connectivity index (χ0n) is 18.8. The Morgan fingerprint density at radius 1 is 0.971 bits per heavy atom. The number of rotatable bonds is 6. The van der Waals surface area contributed by atoms with Gasteiger partial charge in [-0.25, -0.2) is 4.98 Å². The van der Waals surface area contributed by atoms with Crippen LogP contribution in [0.3, 0.4) is 0 Å². The van der Waals surface area contributed by atoms with E-state index in [1.54, 1.807) is 36.5 Å². The van der Waals surface area contributed by atoms with E-state index in [9.17, 15) is 14.4 Å². The quantitative estimate of drug-likeness (QED) is 0.383. The normalized spacial score (nSPS) is 13.1. The molecule has 4 aromatic rings. The summed E-state index contributed by atoms with van der Waals surface area (Å²) in [5.74, 6) is -1.04. The van der Waals surface area contributed by atoms with Gasteiger partial charge >= 0.3 is 0 Å². The number of carbonyl (C=O) groups excluding carboxylic acids is 3. The molecule has 0 N–H and O–H groups in total. The van der Waals surface area contributed by atoms with E-state index in [0.717, 1.165) is 20.7 Å². The number of pyridine rings is 1. The molecule has 3 amide bonds. The van der Waals surface area contributed by atoms with Gasteiger partial charge in [0.25, 0.3) is 11.8 Å². The van der Waals surface area contributed by atoms with Crippen molar-refractivity contribution in [3.05, 3.63) is 89.2 Å². The second-order valence-corrected chi connectivity index (χ2v) is 9.40. The molecule has 0 atom stereocenters. The van der Waals surface area contributed by atoms with E-state index < -0.39 is 17.7 Å². The first-order chi connectivity index (χ1) is 16.4. The van der Waals surface area contributed by atoms with Crippen molar-refractivity contribution < 1.29 is 14.4 Å². The summed E-state index contributed by atoms with van der Waals surface area (Å²) in [6, 6.07) is 18.1. The van der Waals surface area contributed by atoms with Crippen molar-refractivity contribution in [2.75, 3.05) is 11.4 Å². The molecular formula is C26H22N4O3S. The van der Waals surface area contributed by atoms with Gasteiger partial charge in [-0.1, -0.05) is 55.5 Å². The molecule has 0 saturated heterocycles. The van der Waals surface area contributed by atoms with Crippen LogP contribution in [0.5, 0.6) is 0 Å². The van der Waals surface area contributed by atoms with Crippen LogP contribution in [-0.2, 0) is 11.3 Å². The highest BCUT2D eigenvalue weighted by Gasteiger charge is 2.37. The monoisotopic (exact) mass is 470 g/mol. The highest BCUT2D eigenvalue weighted by molar-refractivity contribution is 7.22. The zero-order valence-corrected chi connectivity index (χ0v) is 19.6. The first kappa shape index (κ1) is 21.9. The Morgan fingerprint density at radius 2 is 1.68 bits per heavy atom. The Labute approximate surface area is 200 Å². The maximum Gasteiger partial charge on any atom is 0.262 e. The van der Waals surface area contributed by atoms with Crippen molar-refractivity contribution in [1.82, 2.24) is 14.9 Å². The van der Waals surface area contributed by atoms with Gasteiger partial charge in [-0.3, -0.25) is 29.2 Å². The SMILES string of the molecule is CC(C)c1cccc2sc(N(Cc3ccccn3)C(=O)CN3C(=O)c4ccccc4C3=O)nc12. The molecule has 0 unspecified atom stereocenters. The number of anilines is 1. The van der Waals surface area contributed by atoms with Crippen LogP contribution in [0.4, 0.5) is 5.13 Å². The Kier molecular flexibility index (Phi) is 5.67. The summed E-state index contributed by atoms with van der Waals surface area (Å²) in [6.07, 6.45) is 1.66. The maximum absolute atomic E-state index is 13.6. The van der Waals surface area contributed by atoms with E-state index in [0.29, 0.717) is 22.0 Å². The van der Waals surface area contributed by atoms with E-state index in [2.05, 4.69) is 18.8 Å². The number of nitrogens with zero attached hydrogens (tertiary/aromatic N) is 4. The first-order valence-electron chi connectivity index (χ1n) is 11.0. The van der Waals surface area contributed by atoms with E-state index in [1.165, 1.54) is 16.2 Å². The molecule has 0 saturated carbocycles. The van der Waals surface area contributed by atoms with Gasteiger partial charge in [-0.05, 0) is 41.8 Å². The minimum Gasteiger partial charge on any atom is -0.280 e. The lowest BCUT2D eigenvalue weighted by Crippen LogP contribution is -2.42. The number of hydrogen-bond donors (Lipinski definition) is 0. The Hall–Kier alpha value is -3.91. The van der Waals surface area contributed by atoms with Gasteiger partial charge in [0.05, 0.1) is 33.6 Å². The number of para-hydroxylation sites is 1. The number of thiazole rings is 1. The van der Waals surface area contributed by atoms with Crippen LogP contribution in [-0.4, -0.2) is 39.1 Å². The second kappa shape index (κ2) is 8.79. The van der Waals surface area contributed by atoms with Gasteiger partial charge in [0.15, 0.2) is 5.13 Å². The predicted molar refractivity (Wildman–Crippen MR) is 131 cm³/mol. The summed E-state index contributed by atoms with van der Waals surface area (Å²) in [7, 11) is 0. The molecule has 2 aromatic carbocycles. The molecule has 1 aliphatic rings. The van der Waals surface area contributed by atoms with Gasteiger partial charge in [0.1, 0.15) is 6.54 Å². The summed E-state index contributed by atoms with van der Waals surface area (Å²) in [4.78, 5) is 50.9. The molecule has 0 fully saturated rings. The number of carbonyl (C=O) groups is 3. The van der Waals surface area contributed by atoms with Crippen LogP contribution in [0.15, 0.2) is 66.9 Å². The summed E-state index contributed by atoms with van der Waals surface area (Å²) < 4.78 is 0.973. The van der Waals surface area contributed by atoms with Crippen molar-refractivity contribution in [3.8, 4) is 0 Å². The Bertz CT molecular complexity index is 1380. The maximum atomic E-state index is 13.6. The van der Waals surface area contributed by atoms with Crippen molar-refractivity contribution in [1.29, 1.82) is 0 Å². The topological polar surface area (TPSA) is 83.5 Å². The highest BCUT2D eigenvalue weighted by Crippen LogP contribution is 2.34. The van der Waals surface area contributed by atoms with Crippen LogP contribution in [0, 0.1) is 0 Å². The molecule has 2 aromatic heterocycles. The number of amides is 3. The van der Waals surface area contributed by atoms with Gasteiger partial charge in [-0.2, -0.15) is 0 Å². The van der Waals surface area contributed by atoms with Crippen LogP contribution in [0.2, 0.25) is 0 Å². The molecule has 0 aliphatic carbocycles. The van der Waals surface area contributed by atoms with Crippen molar-refractivity contribution >= 4 is 44.4 Å². The molecule has 0 spiro atoms. The highest BCUT2D eigenvalue weighted by atomic mass is 32.1. The van der Waals surface area contributed by atoms with E-state index in [1.807, 2.05) is 30.3 Å². The molecule has 8 heteroatoms. The largest absolute Gasteiger partial charge is 0.280 e. The minimum atomic E-state index is -0.460. The molecule has 170 valence electrons. The van der Waals surface area contributed by atoms with Crippen molar-refractivity contribution in [2.45, 2.75) is 26.3 Å². The molecule has 34 heavy (non-hydrogen) atoms. The van der Waals surface area contributed by atoms with Crippen LogP contribution < -0.4 is 4.90 Å². The zero-order chi connectivity index (χ0) is 23.8. The van der Waals surface area contributed by atoms with Crippen molar-refractivity contribution in [2.24, 2.45) is 0 Å². The fourth-order valence-corrected chi connectivity index (χ4v) is 5.08. The third-order valence-electron chi connectivity index (χ3n) is 5.81. The number of hydrogen-bond acceptors (Lipinski definition) is 6. The lowest BCUT2D eigenvalue weighted by atomic mass is 10.0. The molecule has 0 radical (unpaired) electrons. The van der Waals surface area contributed by atoms with E-state index in [-0.39, 0.29) is 19.0 Å². The third-order valence-corrected chi connectivity index (χ3v) is 6.85. The van der Waals surface area contributed by atoms with E-state index >= 15 is 0 Å². The number of aromatic nitrogens is 2. The van der Waals surface area contributed by atoms with Gasteiger partial charge in [0.2, 0.25) is 5.91 Å². The number of imide groups is 1. The lowest BCUT2D eigenvalue weighted by Gasteiger charge is -2.22. The number of benzene rings is 2. The average Bonchev–Trinajstić information content (AvgIpc) is 3.38. The summed E-state index contributed by atoms with van der Waals surface area (Å²) in [6.45, 7) is 4.02. The smallest absolute Gasteiger partial charge is 0.262 e. The van der Waals surface area contributed by atoms with Gasteiger partial charge in [-0.15, -0.1) is 0 Å². The molecule has 7 nitrogen and oxygen atoms in total. The molecule has 3 heterocycles. The summed E-state index contributed by atoms with van der Waals surface area (Å²) in [5.41, 5.74) is 3.28. The number of fused-ring (bicyclic) bond motifs is 2. The van der Waals surface area contributed by atoms with Crippen LogP contribution >= 0.6 is 11.3 Å². The summed E-state index contributed by atoms with van der Waals surface area (Å²) in [5, 5.41) is 0.510. The Morgan fingerprint density at radius 3 is 2.32 bits per heavy atom. The second-order valence-electron chi connectivity index (χ2n) is 8.39. The Balaban J connectivity index is 1.50. The van der Waals surface area contributed by atoms with Crippen LogP contribution in [0.1, 0.15) is 51.7 Å². The lowest BCUT2D eigenvalue weighted by molar-refractivity contribution is -0.119. The van der Waals surface area contributed by atoms with Crippen LogP contribution in [0.25, 0.3) is 10.2 Å². The summed E-state index contributed by atoms with van der Waals surface area (Å²) >= 11 is 1.41. The molecule has 0 bridgehead atoms. The van der Waals surface area contributed by atoms with E-state index in [4.69, 9.17) is 4.98 Å². The van der Waals surface area contributed by atoms with Crippen molar-refractivity contribution in [3.63, 3.8) is 0 Å². The standard InChI is InChI=1S/C26H22N4O3S/c1-16(2)18-11-7-12-21-23(18)28-26(34-21)29(14-17-8-5-6-13-27-17)22(31)15-30-24(32)19-9-3-4-10-20(19)25(30)33/h3-13,16H,14-15H2,1-2H3.